The van der Waals surface area contributed by atoms with Gasteiger partial charge >= 0.3 is 0 Å². The van der Waals surface area contributed by atoms with Crippen LogP contribution in [0, 0.1) is 0 Å². The number of hydrogen-bond acceptors (Lipinski definition) is 4. The predicted octanol–water partition coefficient (Wildman–Crippen LogP) is 2.11. The van der Waals surface area contributed by atoms with Crippen LogP contribution in [0.4, 0.5) is 0 Å². The Kier molecular flexibility index (Phi) is 3.48. The summed E-state index contributed by atoms with van der Waals surface area (Å²) in [6.07, 6.45) is 4.93. The van der Waals surface area contributed by atoms with Crippen LogP contribution in [-0.2, 0) is 13.7 Å². The van der Waals surface area contributed by atoms with Crippen molar-refractivity contribution >= 4 is 23.4 Å². The van der Waals surface area contributed by atoms with Crippen LogP contribution >= 0.6 is 23.4 Å². The van der Waals surface area contributed by atoms with Gasteiger partial charge in [-0.3, -0.25) is 4.98 Å². The van der Waals surface area contributed by atoms with Crippen LogP contribution in [0.25, 0.3) is 0 Å². The molecule has 0 saturated carbocycles. The fraction of sp³-hybridized carbons (Fsp3) is 0.200. The summed E-state index contributed by atoms with van der Waals surface area (Å²) in [6, 6.07) is 1.83. The molecule has 16 heavy (non-hydrogen) atoms. The standard InChI is InChI=1S/C10H10ClN3OS/c1-14-7(6-15)4-13-10(14)16-9-2-3-12-5-8(9)11/h2-5,15H,6H2,1H3. The average Bonchev–Trinajstić information content (AvgIpc) is 2.63. The lowest BCUT2D eigenvalue weighted by molar-refractivity contribution is 0.271. The predicted molar refractivity (Wildman–Crippen MR) is 62.5 cm³/mol. The van der Waals surface area contributed by atoms with E-state index in [-0.39, 0.29) is 6.61 Å². The van der Waals surface area contributed by atoms with E-state index in [1.807, 2.05) is 17.7 Å². The second-order valence-electron chi connectivity index (χ2n) is 3.16. The molecule has 0 saturated heterocycles. The van der Waals surface area contributed by atoms with E-state index in [0.717, 1.165) is 15.7 Å². The summed E-state index contributed by atoms with van der Waals surface area (Å²) >= 11 is 7.44. The second-order valence-corrected chi connectivity index (χ2v) is 4.57. The molecule has 0 atom stereocenters. The summed E-state index contributed by atoms with van der Waals surface area (Å²) in [5, 5.41) is 10.4. The third-order valence-electron chi connectivity index (χ3n) is 2.14. The number of pyridine rings is 1. The van der Waals surface area contributed by atoms with Gasteiger partial charge in [-0.2, -0.15) is 0 Å². The van der Waals surface area contributed by atoms with E-state index in [2.05, 4.69) is 9.97 Å². The molecule has 84 valence electrons. The first-order chi connectivity index (χ1) is 7.72. The Labute approximate surface area is 102 Å². The van der Waals surface area contributed by atoms with Crippen LogP contribution in [0.15, 0.2) is 34.7 Å². The number of hydrogen-bond donors (Lipinski definition) is 1. The SMILES string of the molecule is Cn1c(CO)cnc1Sc1ccncc1Cl. The maximum Gasteiger partial charge on any atom is 0.172 e. The highest BCUT2D eigenvalue weighted by Gasteiger charge is 2.09. The Balaban J connectivity index is 2.27. The molecule has 2 rings (SSSR count). The van der Waals surface area contributed by atoms with Crippen LogP contribution in [0.1, 0.15) is 5.69 Å². The molecule has 0 bridgehead atoms. The normalized spacial score (nSPS) is 10.7. The molecule has 0 aliphatic carbocycles. The second kappa shape index (κ2) is 4.86. The highest BCUT2D eigenvalue weighted by Crippen LogP contribution is 2.31. The molecule has 0 aromatic carbocycles. The Morgan fingerprint density at radius 1 is 1.50 bits per heavy atom. The third-order valence-corrected chi connectivity index (χ3v) is 3.69. The molecule has 2 aromatic heterocycles. The van der Waals surface area contributed by atoms with Crippen molar-refractivity contribution in [3.8, 4) is 0 Å². The first-order valence-corrected chi connectivity index (χ1v) is 5.80. The number of rotatable bonds is 3. The Hall–Kier alpha value is -1.04. The smallest absolute Gasteiger partial charge is 0.172 e. The van der Waals surface area contributed by atoms with Gasteiger partial charge in [0.2, 0.25) is 0 Å². The molecule has 0 radical (unpaired) electrons. The van der Waals surface area contributed by atoms with Crippen molar-refractivity contribution in [1.29, 1.82) is 0 Å². The van der Waals surface area contributed by atoms with Gasteiger partial charge in [0, 0.05) is 24.3 Å². The van der Waals surface area contributed by atoms with Gasteiger partial charge in [0.05, 0.1) is 23.5 Å². The Morgan fingerprint density at radius 2 is 2.31 bits per heavy atom. The maximum atomic E-state index is 9.05. The summed E-state index contributed by atoms with van der Waals surface area (Å²) in [5.74, 6) is 0. The van der Waals surface area contributed by atoms with E-state index in [0.29, 0.717) is 5.02 Å². The first kappa shape index (κ1) is 11.4. The molecule has 0 fully saturated rings. The van der Waals surface area contributed by atoms with E-state index in [1.54, 1.807) is 18.6 Å². The van der Waals surface area contributed by atoms with E-state index >= 15 is 0 Å². The van der Waals surface area contributed by atoms with Crippen molar-refractivity contribution in [2.45, 2.75) is 16.7 Å². The van der Waals surface area contributed by atoms with E-state index < -0.39 is 0 Å². The number of aromatic nitrogens is 3. The van der Waals surface area contributed by atoms with Crippen molar-refractivity contribution in [3.63, 3.8) is 0 Å². The highest BCUT2D eigenvalue weighted by atomic mass is 35.5. The molecule has 6 heteroatoms. The topological polar surface area (TPSA) is 50.9 Å². The summed E-state index contributed by atoms with van der Waals surface area (Å²) in [7, 11) is 1.86. The highest BCUT2D eigenvalue weighted by molar-refractivity contribution is 7.99. The minimum absolute atomic E-state index is 0.0197. The zero-order chi connectivity index (χ0) is 11.5. The molecular formula is C10H10ClN3OS. The monoisotopic (exact) mass is 255 g/mol. The van der Waals surface area contributed by atoms with Crippen LogP contribution in [0.5, 0.6) is 0 Å². The number of aliphatic hydroxyl groups excluding tert-OH is 1. The number of aliphatic hydroxyl groups is 1. The van der Waals surface area contributed by atoms with Crippen molar-refractivity contribution < 1.29 is 5.11 Å². The molecule has 0 spiro atoms. The molecule has 2 aromatic rings. The van der Waals surface area contributed by atoms with E-state index in [4.69, 9.17) is 16.7 Å². The summed E-state index contributed by atoms with van der Waals surface area (Å²) in [5.41, 5.74) is 0.771. The van der Waals surface area contributed by atoms with Gasteiger partial charge in [0.1, 0.15) is 0 Å². The van der Waals surface area contributed by atoms with Crippen LogP contribution in [0.2, 0.25) is 5.02 Å². The maximum absolute atomic E-state index is 9.05. The van der Waals surface area contributed by atoms with Gasteiger partial charge in [-0.25, -0.2) is 4.98 Å². The number of nitrogens with zero attached hydrogens (tertiary/aromatic N) is 3. The fourth-order valence-electron chi connectivity index (χ4n) is 1.21. The molecule has 0 aliphatic rings. The van der Waals surface area contributed by atoms with Crippen molar-refractivity contribution in [2.75, 3.05) is 0 Å². The first-order valence-electron chi connectivity index (χ1n) is 4.61. The quantitative estimate of drug-likeness (QED) is 0.913. The number of halogens is 1. The van der Waals surface area contributed by atoms with Crippen LogP contribution in [0.3, 0.4) is 0 Å². The zero-order valence-corrected chi connectivity index (χ0v) is 10.2. The molecule has 4 nitrogen and oxygen atoms in total. The minimum atomic E-state index is -0.0197. The molecule has 0 unspecified atom stereocenters. The molecule has 0 aliphatic heterocycles. The summed E-state index contributed by atoms with van der Waals surface area (Å²) in [6.45, 7) is -0.0197. The van der Waals surface area contributed by atoms with Crippen molar-refractivity contribution in [2.24, 2.45) is 7.05 Å². The lowest BCUT2D eigenvalue weighted by atomic mass is 10.5. The molecule has 0 amide bonds. The van der Waals surface area contributed by atoms with Gasteiger partial charge in [0.25, 0.3) is 0 Å². The molecule has 2 heterocycles. The average molecular weight is 256 g/mol. The number of imidazole rings is 1. The van der Waals surface area contributed by atoms with Gasteiger partial charge in [-0.05, 0) is 17.8 Å². The zero-order valence-electron chi connectivity index (χ0n) is 8.59. The van der Waals surface area contributed by atoms with E-state index in [9.17, 15) is 0 Å². The van der Waals surface area contributed by atoms with Crippen LogP contribution in [-0.4, -0.2) is 19.6 Å². The summed E-state index contributed by atoms with van der Waals surface area (Å²) < 4.78 is 1.83. The third kappa shape index (κ3) is 2.21. The molecular weight excluding hydrogens is 246 g/mol. The van der Waals surface area contributed by atoms with Gasteiger partial charge in [0.15, 0.2) is 5.16 Å². The van der Waals surface area contributed by atoms with Crippen molar-refractivity contribution in [1.82, 2.24) is 14.5 Å². The van der Waals surface area contributed by atoms with Gasteiger partial charge in [-0.15, -0.1) is 0 Å². The minimum Gasteiger partial charge on any atom is -0.390 e. The fourth-order valence-corrected chi connectivity index (χ4v) is 2.28. The molecule has 1 N–H and O–H groups in total. The van der Waals surface area contributed by atoms with Gasteiger partial charge in [-0.1, -0.05) is 11.6 Å². The van der Waals surface area contributed by atoms with Crippen molar-refractivity contribution in [3.05, 3.63) is 35.4 Å². The van der Waals surface area contributed by atoms with Crippen LogP contribution < -0.4 is 0 Å². The largest absolute Gasteiger partial charge is 0.390 e. The Morgan fingerprint density at radius 3 is 2.94 bits per heavy atom. The lowest BCUT2D eigenvalue weighted by Crippen LogP contribution is -1.97. The van der Waals surface area contributed by atoms with Gasteiger partial charge < -0.3 is 9.67 Å². The summed E-state index contributed by atoms with van der Waals surface area (Å²) in [4.78, 5) is 9.03. The lowest BCUT2D eigenvalue weighted by Gasteiger charge is -2.04. The van der Waals surface area contributed by atoms with E-state index in [1.165, 1.54) is 11.8 Å². The Bertz CT molecular complexity index is 501.